The lowest BCUT2D eigenvalue weighted by molar-refractivity contribution is -0.126. The van der Waals surface area contributed by atoms with Gasteiger partial charge in [-0.05, 0) is 30.2 Å². The molecule has 126 valence electrons. The van der Waals surface area contributed by atoms with E-state index in [4.69, 9.17) is 4.74 Å². The molecule has 25 heavy (non-hydrogen) atoms. The van der Waals surface area contributed by atoms with Crippen LogP contribution < -0.4 is 10.1 Å². The number of carbonyl (C=O) groups excluding carboxylic acids is 1. The van der Waals surface area contributed by atoms with Gasteiger partial charge in [0.25, 0.3) is 0 Å². The van der Waals surface area contributed by atoms with E-state index in [1.165, 1.54) is 0 Å². The molecule has 0 saturated heterocycles. The highest BCUT2D eigenvalue weighted by molar-refractivity contribution is 5.79. The van der Waals surface area contributed by atoms with Gasteiger partial charge in [-0.3, -0.25) is 4.79 Å². The van der Waals surface area contributed by atoms with E-state index in [2.05, 4.69) is 10.4 Å². The maximum absolute atomic E-state index is 12.4. The summed E-state index contributed by atoms with van der Waals surface area (Å²) in [6.45, 7) is 0.885. The van der Waals surface area contributed by atoms with E-state index in [1.807, 2.05) is 60.8 Å². The average molecular weight is 333 g/mol. The van der Waals surface area contributed by atoms with Crippen LogP contribution in [-0.4, -0.2) is 22.3 Å². The molecule has 4 rings (SSSR count). The molecule has 1 amide bonds. The van der Waals surface area contributed by atoms with Gasteiger partial charge in [-0.2, -0.15) is 5.10 Å². The minimum atomic E-state index is -0.154. The van der Waals surface area contributed by atoms with Crippen LogP contribution in [0.3, 0.4) is 0 Å². The molecule has 0 fully saturated rings. The zero-order chi connectivity index (χ0) is 17.1. The van der Waals surface area contributed by atoms with Crippen LogP contribution in [0.25, 0.3) is 5.69 Å². The van der Waals surface area contributed by atoms with Crippen molar-refractivity contribution in [3.05, 3.63) is 78.1 Å². The average Bonchev–Trinajstić information content (AvgIpc) is 3.15. The van der Waals surface area contributed by atoms with Crippen molar-refractivity contribution in [2.45, 2.75) is 13.0 Å². The molecule has 5 heteroatoms. The SMILES string of the molecule is O=C(NCc1cnn(-c2ccccc2)c1)[C@@H]1COc2ccccc2C1. The van der Waals surface area contributed by atoms with E-state index in [9.17, 15) is 4.79 Å². The number of nitrogens with zero attached hydrogens (tertiary/aromatic N) is 2. The van der Waals surface area contributed by atoms with Gasteiger partial charge < -0.3 is 10.1 Å². The normalized spacial score (nSPS) is 15.9. The van der Waals surface area contributed by atoms with Crippen molar-refractivity contribution in [3.8, 4) is 11.4 Å². The Kier molecular flexibility index (Phi) is 4.21. The van der Waals surface area contributed by atoms with Gasteiger partial charge in [-0.1, -0.05) is 36.4 Å². The van der Waals surface area contributed by atoms with Gasteiger partial charge in [0.1, 0.15) is 12.4 Å². The van der Waals surface area contributed by atoms with Gasteiger partial charge in [0, 0.05) is 18.3 Å². The molecule has 0 unspecified atom stereocenters. The molecular formula is C20H19N3O2. The minimum Gasteiger partial charge on any atom is -0.492 e. The summed E-state index contributed by atoms with van der Waals surface area (Å²) < 4.78 is 7.50. The Morgan fingerprint density at radius 1 is 1.16 bits per heavy atom. The number of benzene rings is 2. The Morgan fingerprint density at radius 3 is 2.84 bits per heavy atom. The maximum atomic E-state index is 12.4. The second-order valence-corrected chi connectivity index (χ2v) is 6.17. The third kappa shape index (κ3) is 3.40. The number of rotatable bonds is 4. The molecule has 2 aromatic carbocycles. The summed E-state index contributed by atoms with van der Waals surface area (Å²) in [6.07, 6.45) is 4.42. The van der Waals surface area contributed by atoms with Crippen LogP contribution in [0.1, 0.15) is 11.1 Å². The molecule has 1 N–H and O–H groups in total. The predicted molar refractivity (Wildman–Crippen MR) is 94.5 cm³/mol. The van der Waals surface area contributed by atoms with E-state index in [1.54, 1.807) is 10.9 Å². The molecular weight excluding hydrogens is 314 g/mol. The number of hydrogen-bond donors (Lipinski definition) is 1. The Hall–Kier alpha value is -3.08. The van der Waals surface area contributed by atoms with Gasteiger partial charge in [-0.25, -0.2) is 4.68 Å². The van der Waals surface area contributed by atoms with Crippen LogP contribution in [-0.2, 0) is 17.8 Å². The van der Waals surface area contributed by atoms with Gasteiger partial charge in [0.2, 0.25) is 5.91 Å². The summed E-state index contributed by atoms with van der Waals surface area (Å²) >= 11 is 0. The summed E-state index contributed by atoms with van der Waals surface area (Å²) in [6, 6.07) is 17.8. The first-order valence-corrected chi connectivity index (χ1v) is 8.37. The summed E-state index contributed by atoms with van der Waals surface area (Å²) in [5, 5.41) is 7.34. The van der Waals surface area contributed by atoms with Gasteiger partial charge >= 0.3 is 0 Å². The van der Waals surface area contributed by atoms with E-state index >= 15 is 0 Å². The van der Waals surface area contributed by atoms with Crippen LogP contribution in [0.15, 0.2) is 67.0 Å². The lowest BCUT2D eigenvalue weighted by Crippen LogP contribution is -2.36. The standard InChI is InChI=1S/C20H19N3O2/c24-20(17-10-16-6-4-5-9-19(16)25-14-17)21-11-15-12-22-23(13-15)18-7-2-1-3-8-18/h1-9,12-13,17H,10-11,14H2,(H,21,24)/t17-/m0/s1. The first-order valence-electron chi connectivity index (χ1n) is 8.37. The molecule has 0 radical (unpaired) electrons. The van der Waals surface area contributed by atoms with Gasteiger partial charge in [-0.15, -0.1) is 0 Å². The first kappa shape index (κ1) is 15.4. The number of nitrogens with one attached hydrogen (secondary N) is 1. The van der Waals surface area contributed by atoms with Crippen LogP contribution in [0.5, 0.6) is 5.75 Å². The molecule has 0 spiro atoms. The Labute approximate surface area is 146 Å². The number of fused-ring (bicyclic) bond motifs is 1. The maximum Gasteiger partial charge on any atom is 0.227 e. The topological polar surface area (TPSA) is 56.2 Å². The zero-order valence-corrected chi connectivity index (χ0v) is 13.8. The van der Waals surface area contributed by atoms with Crippen molar-refractivity contribution in [3.63, 3.8) is 0 Å². The smallest absolute Gasteiger partial charge is 0.227 e. The van der Waals surface area contributed by atoms with Crippen LogP contribution in [0.4, 0.5) is 0 Å². The second-order valence-electron chi connectivity index (χ2n) is 6.17. The number of amides is 1. The quantitative estimate of drug-likeness (QED) is 0.799. The van der Waals surface area contributed by atoms with Crippen molar-refractivity contribution < 1.29 is 9.53 Å². The molecule has 0 saturated carbocycles. The third-order valence-corrected chi connectivity index (χ3v) is 4.37. The van der Waals surface area contributed by atoms with E-state index in [-0.39, 0.29) is 11.8 Å². The summed E-state index contributed by atoms with van der Waals surface area (Å²) in [5.41, 5.74) is 3.05. The number of ether oxygens (including phenoxy) is 1. The van der Waals surface area contributed by atoms with Crippen molar-refractivity contribution in [1.29, 1.82) is 0 Å². The molecule has 0 bridgehead atoms. The molecule has 1 aliphatic heterocycles. The summed E-state index contributed by atoms with van der Waals surface area (Å²) in [7, 11) is 0. The third-order valence-electron chi connectivity index (χ3n) is 4.37. The molecule has 1 atom stereocenters. The van der Waals surface area contributed by atoms with Crippen molar-refractivity contribution in [2.24, 2.45) is 5.92 Å². The van der Waals surface area contributed by atoms with Crippen molar-refractivity contribution >= 4 is 5.91 Å². The second kappa shape index (κ2) is 6.81. The Balaban J connectivity index is 1.36. The summed E-state index contributed by atoms with van der Waals surface area (Å²) in [4.78, 5) is 12.4. The molecule has 5 nitrogen and oxygen atoms in total. The lowest BCUT2D eigenvalue weighted by Gasteiger charge is -2.24. The van der Waals surface area contributed by atoms with Gasteiger partial charge in [0.05, 0.1) is 17.8 Å². The van der Waals surface area contributed by atoms with Crippen LogP contribution in [0.2, 0.25) is 0 Å². The number of carbonyl (C=O) groups is 1. The molecule has 1 aromatic heterocycles. The van der Waals surface area contributed by atoms with E-state index in [0.717, 1.165) is 22.6 Å². The van der Waals surface area contributed by atoms with Gasteiger partial charge in [0.15, 0.2) is 0 Å². The van der Waals surface area contributed by atoms with Crippen molar-refractivity contribution in [2.75, 3.05) is 6.61 Å². The van der Waals surface area contributed by atoms with Crippen LogP contribution in [0, 0.1) is 5.92 Å². The Bertz CT molecular complexity index is 873. The molecule has 1 aliphatic rings. The van der Waals surface area contributed by atoms with Crippen LogP contribution >= 0.6 is 0 Å². The highest BCUT2D eigenvalue weighted by Gasteiger charge is 2.25. The summed E-state index contributed by atoms with van der Waals surface area (Å²) in [5.74, 6) is 0.747. The zero-order valence-electron chi connectivity index (χ0n) is 13.8. The largest absolute Gasteiger partial charge is 0.492 e. The lowest BCUT2D eigenvalue weighted by atomic mass is 9.96. The monoisotopic (exact) mass is 333 g/mol. The fourth-order valence-corrected chi connectivity index (χ4v) is 3.00. The number of hydrogen-bond acceptors (Lipinski definition) is 3. The molecule has 3 aromatic rings. The Morgan fingerprint density at radius 2 is 1.96 bits per heavy atom. The molecule has 0 aliphatic carbocycles. The molecule has 2 heterocycles. The fraction of sp³-hybridized carbons (Fsp3) is 0.200. The first-order chi connectivity index (χ1) is 12.3. The highest BCUT2D eigenvalue weighted by Crippen LogP contribution is 2.26. The minimum absolute atomic E-state index is 0.0157. The van der Waals surface area contributed by atoms with E-state index < -0.39 is 0 Å². The van der Waals surface area contributed by atoms with Crippen molar-refractivity contribution in [1.82, 2.24) is 15.1 Å². The predicted octanol–water partition coefficient (Wildman–Crippen LogP) is 2.74. The van der Waals surface area contributed by atoms with E-state index in [0.29, 0.717) is 19.6 Å². The number of aromatic nitrogens is 2. The number of para-hydroxylation sites is 2. The fourth-order valence-electron chi connectivity index (χ4n) is 3.00. The highest BCUT2D eigenvalue weighted by atomic mass is 16.5.